The summed E-state index contributed by atoms with van der Waals surface area (Å²) >= 11 is 7.36. The van der Waals surface area contributed by atoms with E-state index in [1.165, 1.54) is 40.0 Å². The van der Waals surface area contributed by atoms with Crippen molar-refractivity contribution in [2.75, 3.05) is 25.0 Å². The quantitative estimate of drug-likeness (QED) is 0.668. The molecular weight excluding hydrogens is 438 g/mol. The number of sulfonamides is 1. The molecule has 0 aliphatic carbocycles. The van der Waals surface area contributed by atoms with Gasteiger partial charge in [-0.15, -0.1) is 11.3 Å². The van der Waals surface area contributed by atoms with Gasteiger partial charge in [0.05, 0.1) is 10.6 Å². The Morgan fingerprint density at radius 1 is 1.21 bits per heavy atom. The van der Waals surface area contributed by atoms with Crippen molar-refractivity contribution in [2.45, 2.75) is 30.6 Å². The van der Waals surface area contributed by atoms with E-state index in [2.05, 4.69) is 10.3 Å². The molecule has 3 rings (SSSR count). The molecule has 0 unspecified atom stereocenters. The van der Waals surface area contributed by atoms with Gasteiger partial charge in [0, 0.05) is 24.7 Å². The van der Waals surface area contributed by atoms with Gasteiger partial charge < -0.3 is 4.74 Å². The number of halogens is 1. The maximum atomic E-state index is 13.0. The van der Waals surface area contributed by atoms with Gasteiger partial charge in [0.25, 0.3) is 5.91 Å². The predicted octanol–water partition coefficient (Wildman–Crippen LogP) is 3.16. The van der Waals surface area contributed by atoms with Crippen LogP contribution in [0.3, 0.4) is 0 Å². The number of amides is 1. The van der Waals surface area contributed by atoms with E-state index in [-0.39, 0.29) is 15.5 Å². The lowest BCUT2D eigenvalue weighted by atomic mass is 10.2. The summed E-state index contributed by atoms with van der Waals surface area (Å²) in [5.74, 6) is -1.36. The lowest BCUT2D eigenvalue weighted by Gasteiger charge is -2.21. The number of rotatable bonds is 6. The molecule has 8 nitrogen and oxygen atoms in total. The number of hydrogen-bond acceptors (Lipinski definition) is 7. The van der Waals surface area contributed by atoms with Gasteiger partial charge in [-0.05, 0) is 31.0 Å². The maximum absolute atomic E-state index is 13.0. The average molecular weight is 458 g/mol. The van der Waals surface area contributed by atoms with Crippen molar-refractivity contribution in [3.05, 3.63) is 40.4 Å². The SMILES string of the molecule is O=C(COC(=O)c1ccc(Cl)c(S(=O)(=O)N2CCCCCC2)c1)Nc1nccs1. The number of anilines is 1. The maximum Gasteiger partial charge on any atom is 0.338 e. The second-order valence-electron chi connectivity index (χ2n) is 6.43. The van der Waals surface area contributed by atoms with E-state index in [1.807, 2.05) is 0 Å². The van der Waals surface area contributed by atoms with Crippen LogP contribution in [0.15, 0.2) is 34.7 Å². The largest absolute Gasteiger partial charge is 0.452 e. The number of ether oxygens (including phenoxy) is 1. The molecule has 1 N–H and O–H groups in total. The van der Waals surface area contributed by atoms with Gasteiger partial charge >= 0.3 is 5.97 Å². The first kappa shape index (κ1) is 21.7. The number of aromatic nitrogens is 1. The third kappa shape index (κ3) is 5.53. The van der Waals surface area contributed by atoms with E-state index >= 15 is 0 Å². The molecule has 29 heavy (non-hydrogen) atoms. The van der Waals surface area contributed by atoms with Crippen molar-refractivity contribution in [3.63, 3.8) is 0 Å². The van der Waals surface area contributed by atoms with Crippen LogP contribution in [0.25, 0.3) is 0 Å². The lowest BCUT2D eigenvalue weighted by Crippen LogP contribution is -2.32. The van der Waals surface area contributed by atoms with Crippen LogP contribution in [0.5, 0.6) is 0 Å². The molecule has 2 aromatic rings. The molecule has 0 bridgehead atoms. The van der Waals surface area contributed by atoms with Crippen molar-refractivity contribution in [2.24, 2.45) is 0 Å². The normalized spacial score (nSPS) is 15.5. The summed E-state index contributed by atoms with van der Waals surface area (Å²) < 4.78 is 32.4. The topological polar surface area (TPSA) is 106 Å². The number of nitrogens with one attached hydrogen (secondary N) is 1. The Labute approximate surface area is 177 Å². The molecule has 2 heterocycles. The van der Waals surface area contributed by atoms with Crippen LogP contribution in [0.1, 0.15) is 36.0 Å². The Kier molecular flexibility index (Phi) is 7.23. The summed E-state index contributed by atoms with van der Waals surface area (Å²) in [5, 5.41) is 4.61. The minimum Gasteiger partial charge on any atom is -0.452 e. The number of carbonyl (C=O) groups excluding carboxylic acids is 2. The van der Waals surface area contributed by atoms with Gasteiger partial charge in [-0.2, -0.15) is 4.31 Å². The highest BCUT2D eigenvalue weighted by atomic mass is 35.5. The third-order valence-electron chi connectivity index (χ3n) is 4.36. The Morgan fingerprint density at radius 3 is 2.59 bits per heavy atom. The fourth-order valence-corrected chi connectivity index (χ4v) is 5.47. The van der Waals surface area contributed by atoms with Gasteiger partial charge in [-0.1, -0.05) is 24.4 Å². The highest BCUT2D eigenvalue weighted by Crippen LogP contribution is 2.28. The number of thiazole rings is 1. The minimum atomic E-state index is -3.83. The lowest BCUT2D eigenvalue weighted by molar-refractivity contribution is -0.119. The van der Waals surface area contributed by atoms with Crippen LogP contribution in [0.4, 0.5) is 5.13 Å². The van der Waals surface area contributed by atoms with Gasteiger partial charge in [0.15, 0.2) is 11.7 Å². The Morgan fingerprint density at radius 2 is 1.93 bits per heavy atom. The molecule has 1 saturated heterocycles. The number of hydrogen-bond donors (Lipinski definition) is 1. The second kappa shape index (κ2) is 9.66. The van der Waals surface area contributed by atoms with Gasteiger partial charge in [-0.25, -0.2) is 18.2 Å². The van der Waals surface area contributed by atoms with Crippen LogP contribution in [0, 0.1) is 0 Å². The van der Waals surface area contributed by atoms with E-state index < -0.39 is 28.5 Å². The van der Waals surface area contributed by atoms with Crippen LogP contribution >= 0.6 is 22.9 Å². The first-order valence-corrected chi connectivity index (χ1v) is 11.7. The molecule has 0 radical (unpaired) electrons. The molecule has 1 aromatic carbocycles. The van der Waals surface area contributed by atoms with E-state index in [0.29, 0.717) is 18.2 Å². The number of benzene rings is 1. The van der Waals surface area contributed by atoms with Gasteiger partial charge in [0.1, 0.15) is 4.90 Å². The molecule has 0 spiro atoms. The van der Waals surface area contributed by atoms with Crippen LogP contribution in [-0.4, -0.2) is 49.3 Å². The minimum absolute atomic E-state index is 0.00449. The molecular formula is C18H20ClN3O5S2. The average Bonchev–Trinajstić information content (AvgIpc) is 3.04. The van der Waals surface area contributed by atoms with Crippen LogP contribution < -0.4 is 5.32 Å². The molecule has 0 saturated carbocycles. The zero-order chi connectivity index (χ0) is 20.9. The fraction of sp³-hybridized carbons (Fsp3) is 0.389. The number of carbonyl (C=O) groups is 2. The van der Waals surface area contributed by atoms with Crippen molar-refractivity contribution in [3.8, 4) is 0 Å². The smallest absolute Gasteiger partial charge is 0.338 e. The van der Waals surface area contributed by atoms with Gasteiger partial charge in [0.2, 0.25) is 10.0 Å². The monoisotopic (exact) mass is 457 g/mol. The van der Waals surface area contributed by atoms with Crippen molar-refractivity contribution < 1.29 is 22.7 Å². The molecule has 156 valence electrons. The summed E-state index contributed by atoms with van der Waals surface area (Å²) in [6, 6.07) is 3.91. The standard InChI is InChI=1S/C18H20ClN3O5S2/c19-14-6-5-13(17(24)27-12-16(23)21-18-20-7-10-28-18)11-15(14)29(25,26)22-8-3-1-2-4-9-22/h5-7,10-11H,1-4,8-9,12H2,(H,20,21,23). The fourth-order valence-electron chi connectivity index (χ4n) is 2.90. The summed E-state index contributed by atoms with van der Waals surface area (Å²) in [6.07, 6.45) is 5.07. The molecule has 0 atom stereocenters. The summed E-state index contributed by atoms with van der Waals surface area (Å²) in [5.41, 5.74) is 0.00449. The number of nitrogens with zero attached hydrogens (tertiary/aromatic N) is 2. The highest BCUT2D eigenvalue weighted by molar-refractivity contribution is 7.89. The first-order chi connectivity index (χ1) is 13.9. The number of esters is 1. The van der Waals surface area contributed by atoms with Crippen molar-refractivity contribution in [1.29, 1.82) is 0 Å². The molecule has 11 heteroatoms. The molecule has 1 aromatic heterocycles. The molecule has 1 amide bonds. The zero-order valence-corrected chi connectivity index (χ0v) is 17.9. The highest BCUT2D eigenvalue weighted by Gasteiger charge is 2.28. The first-order valence-electron chi connectivity index (χ1n) is 9.04. The van der Waals surface area contributed by atoms with Crippen molar-refractivity contribution in [1.82, 2.24) is 9.29 Å². The Bertz CT molecular complexity index is 971. The molecule has 1 fully saturated rings. The third-order valence-corrected chi connectivity index (χ3v) is 7.43. The summed E-state index contributed by atoms with van der Waals surface area (Å²) in [7, 11) is -3.83. The Hall–Kier alpha value is -2.01. The van der Waals surface area contributed by atoms with E-state index in [4.69, 9.17) is 16.3 Å². The van der Waals surface area contributed by atoms with E-state index in [0.717, 1.165) is 25.7 Å². The van der Waals surface area contributed by atoms with Crippen LogP contribution in [-0.2, 0) is 19.6 Å². The molecule has 1 aliphatic rings. The van der Waals surface area contributed by atoms with E-state index in [9.17, 15) is 18.0 Å². The predicted molar refractivity (Wildman–Crippen MR) is 110 cm³/mol. The Balaban J connectivity index is 1.70. The zero-order valence-electron chi connectivity index (χ0n) is 15.5. The summed E-state index contributed by atoms with van der Waals surface area (Å²) in [6.45, 7) is 0.323. The van der Waals surface area contributed by atoms with Crippen molar-refractivity contribution >= 4 is 50.0 Å². The van der Waals surface area contributed by atoms with Crippen LogP contribution in [0.2, 0.25) is 5.02 Å². The second-order valence-corrected chi connectivity index (χ2v) is 9.63. The summed E-state index contributed by atoms with van der Waals surface area (Å²) in [4.78, 5) is 27.9. The molecule has 1 aliphatic heterocycles. The van der Waals surface area contributed by atoms with Gasteiger partial charge in [-0.3, -0.25) is 10.1 Å². The van der Waals surface area contributed by atoms with E-state index in [1.54, 1.807) is 5.38 Å².